The number of hydrogen-bond donors (Lipinski definition) is 2. The van der Waals surface area contributed by atoms with Crippen LogP contribution in [0.15, 0.2) is 24.3 Å². The number of carbonyl (C=O) groups excluding carboxylic acids is 1. The van der Waals surface area contributed by atoms with E-state index in [1.54, 1.807) is 0 Å². The van der Waals surface area contributed by atoms with E-state index in [9.17, 15) is 4.79 Å². The van der Waals surface area contributed by atoms with Crippen molar-refractivity contribution in [3.63, 3.8) is 0 Å². The molecule has 0 saturated carbocycles. The van der Waals surface area contributed by atoms with Gasteiger partial charge in [0.15, 0.2) is 0 Å². The first-order chi connectivity index (χ1) is 10.1. The van der Waals surface area contributed by atoms with Crippen molar-refractivity contribution in [2.24, 2.45) is 0 Å². The SMILES string of the molecule is Cc1ccccc1CC(C)NC(=O)COC1CCNCC1. The Morgan fingerprint density at radius 3 is 2.81 bits per heavy atom. The van der Waals surface area contributed by atoms with Gasteiger partial charge in [-0.3, -0.25) is 4.79 Å². The van der Waals surface area contributed by atoms with Crippen LogP contribution in [0.25, 0.3) is 0 Å². The van der Waals surface area contributed by atoms with Gasteiger partial charge in [-0.25, -0.2) is 0 Å². The van der Waals surface area contributed by atoms with Crippen LogP contribution in [0.1, 0.15) is 30.9 Å². The predicted molar refractivity (Wildman–Crippen MR) is 84.3 cm³/mol. The first-order valence-electron chi connectivity index (χ1n) is 7.81. The molecular weight excluding hydrogens is 264 g/mol. The van der Waals surface area contributed by atoms with E-state index in [1.807, 2.05) is 19.1 Å². The van der Waals surface area contributed by atoms with Crippen LogP contribution in [0, 0.1) is 6.92 Å². The van der Waals surface area contributed by atoms with Gasteiger partial charge in [0.2, 0.25) is 5.91 Å². The van der Waals surface area contributed by atoms with Gasteiger partial charge in [-0.2, -0.15) is 0 Å². The standard InChI is InChI=1S/C17H26N2O2/c1-13-5-3-4-6-15(13)11-14(2)19-17(20)12-21-16-7-9-18-10-8-16/h3-6,14,16,18H,7-12H2,1-2H3,(H,19,20). The van der Waals surface area contributed by atoms with Crippen molar-refractivity contribution in [3.05, 3.63) is 35.4 Å². The fourth-order valence-corrected chi connectivity index (χ4v) is 2.69. The lowest BCUT2D eigenvalue weighted by Crippen LogP contribution is -2.39. The van der Waals surface area contributed by atoms with E-state index in [-0.39, 0.29) is 24.7 Å². The quantitative estimate of drug-likeness (QED) is 0.840. The number of rotatable bonds is 6. The Labute approximate surface area is 127 Å². The normalized spacial score (nSPS) is 17.4. The average Bonchev–Trinajstić information content (AvgIpc) is 2.48. The molecule has 4 nitrogen and oxygen atoms in total. The van der Waals surface area contributed by atoms with E-state index < -0.39 is 0 Å². The molecule has 0 aromatic heterocycles. The van der Waals surface area contributed by atoms with E-state index in [0.29, 0.717) is 0 Å². The minimum atomic E-state index is -0.0189. The number of benzene rings is 1. The maximum absolute atomic E-state index is 11.9. The summed E-state index contributed by atoms with van der Waals surface area (Å²) >= 11 is 0. The molecule has 1 aliphatic rings. The van der Waals surface area contributed by atoms with Crippen molar-refractivity contribution in [1.82, 2.24) is 10.6 Å². The fraction of sp³-hybridized carbons (Fsp3) is 0.588. The van der Waals surface area contributed by atoms with E-state index in [0.717, 1.165) is 32.4 Å². The van der Waals surface area contributed by atoms with Gasteiger partial charge in [0.1, 0.15) is 6.61 Å². The Balaban J connectivity index is 1.70. The van der Waals surface area contributed by atoms with Crippen LogP contribution < -0.4 is 10.6 Å². The van der Waals surface area contributed by atoms with Crippen LogP contribution >= 0.6 is 0 Å². The molecule has 0 aliphatic carbocycles. The molecule has 2 N–H and O–H groups in total. The topological polar surface area (TPSA) is 50.4 Å². The number of aryl methyl sites for hydroxylation is 1. The zero-order valence-corrected chi connectivity index (χ0v) is 13.0. The first kappa shape index (κ1) is 16.0. The lowest BCUT2D eigenvalue weighted by atomic mass is 10.0. The lowest BCUT2D eigenvalue weighted by molar-refractivity contribution is -0.128. The summed E-state index contributed by atoms with van der Waals surface area (Å²) in [5, 5.41) is 6.30. The smallest absolute Gasteiger partial charge is 0.246 e. The maximum Gasteiger partial charge on any atom is 0.246 e. The Morgan fingerprint density at radius 1 is 1.38 bits per heavy atom. The number of amides is 1. The Morgan fingerprint density at radius 2 is 2.10 bits per heavy atom. The molecule has 1 aromatic carbocycles. The molecule has 0 spiro atoms. The molecule has 0 radical (unpaired) electrons. The number of carbonyl (C=O) groups is 1. The van der Waals surface area contributed by atoms with Gasteiger partial charge < -0.3 is 15.4 Å². The molecule has 4 heteroatoms. The highest BCUT2D eigenvalue weighted by molar-refractivity contribution is 5.77. The molecule has 1 fully saturated rings. The first-order valence-corrected chi connectivity index (χ1v) is 7.81. The number of hydrogen-bond acceptors (Lipinski definition) is 3. The highest BCUT2D eigenvalue weighted by Crippen LogP contribution is 2.10. The minimum absolute atomic E-state index is 0.0189. The number of nitrogens with one attached hydrogen (secondary N) is 2. The third-order valence-electron chi connectivity index (χ3n) is 3.93. The Hall–Kier alpha value is -1.39. The molecule has 1 aromatic rings. The molecule has 116 valence electrons. The average molecular weight is 290 g/mol. The Kier molecular flexibility index (Phi) is 6.21. The van der Waals surface area contributed by atoms with Crippen LogP contribution in [-0.4, -0.2) is 37.7 Å². The minimum Gasteiger partial charge on any atom is -0.368 e. The van der Waals surface area contributed by atoms with Crippen LogP contribution in [0.4, 0.5) is 0 Å². The van der Waals surface area contributed by atoms with Crippen molar-refractivity contribution < 1.29 is 9.53 Å². The van der Waals surface area contributed by atoms with Crippen molar-refractivity contribution >= 4 is 5.91 Å². The highest BCUT2D eigenvalue weighted by atomic mass is 16.5. The van der Waals surface area contributed by atoms with E-state index in [4.69, 9.17) is 4.74 Å². The molecule has 0 bridgehead atoms. The summed E-state index contributed by atoms with van der Waals surface area (Å²) in [6, 6.07) is 8.41. The summed E-state index contributed by atoms with van der Waals surface area (Å²) in [6.45, 7) is 6.27. The summed E-state index contributed by atoms with van der Waals surface area (Å²) in [7, 11) is 0. The van der Waals surface area contributed by atoms with Gasteiger partial charge in [0.25, 0.3) is 0 Å². The third-order valence-corrected chi connectivity index (χ3v) is 3.93. The van der Waals surface area contributed by atoms with Crippen molar-refractivity contribution in [2.75, 3.05) is 19.7 Å². The second-order valence-electron chi connectivity index (χ2n) is 5.86. The van der Waals surface area contributed by atoms with Crippen LogP contribution in [0.2, 0.25) is 0 Å². The summed E-state index contributed by atoms with van der Waals surface area (Å²) in [6.07, 6.45) is 3.06. The van der Waals surface area contributed by atoms with Gasteiger partial charge in [-0.05, 0) is 57.3 Å². The van der Waals surface area contributed by atoms with Gasteiger partial charge in [-0.15, -0.1) is 0 Å². The zero-order chi connectivity index (χ0) is 15.1. The monoisotopic (exact) mass is 290 g/mol. The van der Waals surface area contributed by atoms with E-state index in [2.05, 4.69) is 29.7 Å². The maximum atomic E-state index is 11.9. The summed E-state index contributed by atoms with van der Waals surface area (Å²) in [5.74, 6) is -0.0189. The van der Waals surface area contributed by atoms with Crippen LogP contribution in [0.3, 0.4) is 0 Å². The predicted octanol–water partition coefficient (Wildman–Crippen LogP) is 1.81. The third kappa shape index (κ3) is 5.48. The van der Waals surface area contributed by atoms with Crippen LogP contribution in [-0.2, 0) is 16.0 Å². The number of ether oxygens (including phenoxy) is 1. The van der Waals surface area contributed by atoms with Gasteiger partial charge in [0, 0.05) is 6.04 Å². The molecule has 1 atom stereocenters. The van der Waals surface area contributed by atoms with Crippen molar-refractivity contribution in [1.29, 1.82) is 0 Å². The summed E-state index contributed by atoms with van der Waals surface area (Å²) < 4.78 is 5.67. The lowest BCUT2D eigenvalue weighted by Gasteiger charge is -2.23. The molecule has 2 rings (SSSR count). The molecule has 1 unspecified atom stereocenters. The molecule has 1 heterocycles. The Bertz CT molecular complexity index is 456. The molecular formula is C17H26N2O2. The largest absolute Gasteiger partial charge is 0.368 e. The molecule has 1 amide bonds. The summed E-state index contributed by atoms with van der Waals surface area (Å²) in [4.78, 5) is 11.9. The van der Waals surface area contributed by atoms with Gasteiger partial charge >= 0.3 is 0 Å². The van der Waals surface area contributed by atoms with Crippen molar-refractivity contribution in [2.45, 2.75) is 45.3 Å². The van der Waals surface area contributed by atoms with Gasteiger partial charge in [-0.1, -0.05) is 24.3 Å². The second kappa shape index (κ2) is 8.15. The fourth-order valence-electron chi connectivity index (χ4n) is 2.69. The van der Waals surface area contributed by atoms with Gasteiger partial charge in [0.05, 0.1) is 6.10 Å². The van der Waals surface area contributed by atoms with E-state index >= 15 is 0 Å². The van der Waals surface area contributed by atoms with Crippen LogP contribution in [0.5, 0.6) is 0 Å². The molecule has 21 heavy (non-hydrogen) atoms. The summed E-state index contributed by atoms with van der Waals surface area (Å²) in [5.41, 5.74) is 2.55. The van der Waals surface area contributed by atoms with Crippen molar-refractivity contribution in [3.8, 4) is 0 Å². The highest BCUT2D eigenvalue weighted by Gasteiger charge is 2.15. The van der Waals surface area contributed by atoms with E-state index in [1.165, 1.54) is 11.1 Å². The number of piperidine rings is 1. The second-order valence-corrected chi connectivity index (χ2v) is 5.86. The molecule has 1 saturated heterocycles. The zero-order valence-electron chi connectivity index (χ0n) is 13.0. The molecule has 1 aliphatic heterocycles.